The summed E-state index contributed by atoms with van der Waals surface area (Å²) < 4.78 is 5.71. The maximum Gasteiger partial charge on any atom is 0.293 e. The van der Waals surface area contributed by atoms with E-state index in [1.165, 1.54) is 0 Å². The number of carbonyl (C=O) groups excluding carboxylic acids is 2. The van der Waals surface area contributed by atoms with Gasteiger partial charge in [0, 0.05) is 23.4 Å². The van der Waals surface area contributed by atoms with Gasteiger partial charge in [-0.3, -0.25) is 9.59 Å². The van der Waals surface area contributed by atoms with Gasteiger partial charge in [0.05, 0.1) is 0 Å². The van der Waals surface area contributed by atoms with Crippen LogP contribution in [-0.4, -0.2) is 17.7 Å². The number of carbonyl (C=O) groups is 2. The zero-order valence-corrected chi connectivity index (χ0v) is 15.1. The van der Waals surface area contributed by atoms with Gasteiger partial charge in [0.25, 0.3) is 5.91 Å². The number of rotatable bonds is 6. The molecule has 3 aromatic rings. The van der Waals surface area contributed by atoms with Crippen LogP contribution in [0.2, 0.25) is 0 Å². The topological polar surface area (TPSA) is 71.3 Å². The number of amides is 2. The fraction of sp³-hybridized carbons (Fsp3) is 0.200. The highest BCUT2D eigenvalue weighted by Gasteiger charge is 2.22. The third-order valence-electron chi connectivity index (χ3n) is 3.91. The molecule has 0 aliphatic rings. The van der Waals surface area contributed by atoms with Crippen molar-refractivity contribution >= 4 is 45.8 Å². The van der Waals surface area contributed by atoms with Crippen molar-refractivity contribution in [2.75, 3.05) is 16.5 Å². The van der Waals surface area contributed by atoms with Gasteiger partial charge < -0.3 is 15.1 Å². The maximum atomic E-state index is 12.7. The molecule has 0 saturated carbocycles. The Bertz CT molecular complexity index is 932. The summed E-state index contributed by atoms with van der Waals surface area (Å²) in [5.74, 6) is -0.148. The van der Waals surface area contributed by atoms with E-state index in [9.17, 15) is 9.59 Å². The third-order valence-corrected chi connectivity index (χ3v) is 4.18. The molecule has 1 heterocycles. The first-order valence-electron chi connectivity index (χ1n) is 8.34. The number of benzene rings is 2. The maximum absolute atomic E-state index is 12.7. The highest BCUT2D eigenvalue weighted by Crippen LogP contribution is 2.31. The van der Waals surface area contributed by atoms with Crippen LogP contribution in [0, 0.1) is 6.92 Å². The first kappa shape index (κ1) is 18.0. The molecular weight excluding hydrogens is 352 g/mol. The highest BCUT2D eigenvalue weighted by molar-refractivity contribution is 6.18. The van der Waals surface area contributed by atoms with Gasteiger partial charge in [0.2, 0.25) is 11.7 Å². The molecule has 0 bridgehead atoms. The van der Waals surface area contributed by atoms with Crippen molar-refractivity contribution in [3.63, 3.8) is 0 Å². The van der Waals surface area contributed by atoms with Crippen LogP contribution in [0.1, 0.15) is 29.0 Å². The Morgan fingerprint density at radius 3 is 2.50 bits per heavy atom. The molecule has 3 rings (SSSR count). The van der Waals surface area contributed by atoms with E-state index >= 15 is 0 Å². The molecule has 6 heteroatoms. The number of aryl methyl sites for hydroxylation is 1. The monoisotopic (exact) mass is 370 g/mol. The number of para-hydroxylation sites is 1. The Morgan fingerprint density at radius 1 is 1.04 bits per heavy atom. The minimum Gasteiger partial charge on any atom is -0.449 e. The number of nitrogens with one attached hydrogen (secondary N) is 2. The number of hydrogen-bond acceptors (Lipinski definition) is 3. The quantitative estimate of drug-likeness (QED) is 0.603. The van der Waals surface area contributed by atoms with E-state index in [4.69, 9.17) is 16.0 Å². The first-order valence-corrected chi connectivity index (χ1v) is 8.87. The van der Waals surface area contributed by atoms with E-state index in [1.807, 2.05) is 43.3 Å². The van der Waals surface area contributed by atoms with Crippen LogP contribution in [0.25, 0.3) is 11.0 Å². The van der Waals surface area contributed by atoms with E-state index in [0.717, 1.165) is 5.56 Å². The molecule has 5 nitrogen and oxygen atoms in total. The molecule has 0 aliphatic heterocycles. The average Bonchev–Trinajstić information content (AvgIpc) is 3.00. The Hall–Kier alpha value is -2.79. The van der Waals surface area contributed by atoms with Crippen LogP contribution in [0.4, 0.5) is 11.4 Å². The lowest BCUT2D eigenvalue weighted by molar-refractivity contribution is -0.116. The second-order valence-electron chi connectivity index (χ2n) is 5.96. The lowest BCUT2D eigenvalue weighted by atomic mass is 10.2. The van der Waals surface area contributed by atoms with Gasteiger partial charge in [-0.25, -0.2) is 0 Å². The van der Waals surface area contributed by atoms with Gasteiger partial charge in [0.15, 0.2) is 0 Å². The minimum absolute atomic E-state index is 0.0750. The SMILES string of the molecule is Cc1ccc(NC(=O)c2oc3ccccc3c2NC(=O)CCCCl)cc1. The van der Waals surface area contributed by atoms with Crippen LogP contribution < -0.4 is 10.6 Å². The van der Waals surface area contributed by atoms with Crippen molar-refractivity contribution in [3.8, 4) is 0 Å². The number of hydrogen-bond donors (Lipinski definition) is 2. The number of halogens is 1. The summed E-state index contributed by atoms with van der Waals surface area (Å²) >= 11 is 5.64. The summed E-state index contributed by atoms with van der Waals surface area (Å²) in [7, 11) is 0. The van der Waals surface area contributed by atoms with Crippen LogP contribution in [0.5, 0.6) is 0 Å². The van der Waals surface area contributed by atoms with Gasteiger partial charge in [-0.2, -0.15) is 0 Å². The van der Waals surface area contributed by atoms with Crippen molar-refractivity contribution in [2.45, 2.75) is 19.8 Å². The van der Waals surface area contributed by atoms with Crippen molar-refractivity contribution in [3.05, 3.63) is 59.9 Å². The van der Waals surface area contributed by atoms with E-state index in [1.54, 1.807) is 12.1 Å². The summed E-state index contributed by atoms with van der Waals surface area (Å²) in [5, 5.41) is 6.27. The predicted molar refractivity (Wildman–Crippen MR) is 104 cm³/mol. The van der Waals surface area contributed by atoms with Crippen LogP contribution in [0.15, 0.2) is 52.9 Å². The number of furan rings is 1. The van der Waals surface area contributed by atoms with Crippen LogP contribution in [0.3, 0.4) is 0 Å². The second-order valence-corrected chi connectivity index (χ2v) is 6.34. The van der Waals surface area contributed by atoms with Gasteiger partial charge in [-0.15, -0.1) is 11.6 Å². The normalized spacial score (nSPS) is 10.7. The Kier molecular flexibility index (Phi) is 5.58. The molecule has 0 saturated heterocycles. The largest absolute Gasteiger partial charge is 0.449 e. The van der Waals surface area contributed by atoms with Gasteiger partial charge in [-0.05, 0) is 37.6 Å². The predicted octanol–water partition coefficient (Wildman–Crippen LogP) is 4.95. The Balaban J connectivity index is 1.90. The van der Waals surface area contributed by atoms with Gasteiger partial charge in [-0.1, -0.05) is 29.8 Å². The standard InChI is InChI=1S/C20H19ClN2O3/c1-13-8-10-14(11-9-13)22-20(25)19-18(23-17(24)7-4-12-21)15-5-2-3-6-16(15)26-19/h2-3,5-6,8-11H,4,7,12H2,1H3,(H,22,25)(H,23,24). The fourth-order valence-corrected chi connectivity index (χ4v) is 2.72. The van der Waals surface area contributed by atoms with Crippen molar-refractivity contribution in [1.82, 2.24) is 0 Å². The summed E-state index contributed by atoms with van der Waals surface area (Å²) in [6, 6.07) is 14.6. The summed E-state index contributed by atoms with van der Waals surface area (Å²) in [5.41, 5.74) is 2.67. The van der Waals surface area contributed by atoms with E-state index in [2.05, 4.69) is 10.6 Å². The summed E-state index contributed by atoms with van der Waals surface area (Å²) in [4.78, 5) is 24.8. The average molecular weight is 371 g/mol. The Labute approximate surface area is 156 Å². The molecular formula is C20H19ClN2O3. The lowest BCUT2D eigenvalue weighted by Crippen LogP contribution is -2.17. The van der Waals surface area contributed by atoms with Crippen molar-refractivity contribution < 1.29 is 14.0 Å². The van der Waals surface area contributed by atoms with E-state index in [-0.39, 0.29) is 18.1 Å². The molecule has 0 unspecified atom stereocenters. The number of alkyl halides is 1. The molecule has 2 amide bonds. The zero-order chi connectivity index (χ0) is 18.5. The van der Waals surface area contributed by atoms with Gasteiger partial charge in [0.1, 0.15) is 11.3 Å². The van der Waals surface area contributed by atoms with Crippen LogP contribution in [-0.2, 0) is 4.79 Å². The molecule has 134 valence electrons. The third kappa shape index (κ3) is 4.06. The Morgan fingerprint density at radius 2 is 1.77 bits per heavy atom. The highest BCUT2D eigenvalue weighted by atomic mass is 35.5. The molecule has 0 spiro atoms. The molecule has 2 N–H and O–H groups in total. The van der Waals surface area contributed by atoms with E-state index < -0.39 is 5.91 Å². The molecule has 0 fully saturated rings. The van der Waals surface area contributed by atoms with Crippen molar-refractivity contribution in [2.24, 2.45) is 0 Å². The van der Waals surface area contributed by atoms with Crippen molar-refractivity contribution in [1.29, 1.82) is 0 Å². The number of fused-ring (bicyclic) bond motifs is 1. The minimum atomic E-state index is -0.419. The first-order chi connectivity index (χ1) is 12.6. The second kappa shape index (κ2) is 8.06. The molecule has 26 heavy (non-hydrogen) atoms. The van der Waals surface area contributed by atoms with E-state index in [0.29, 0.717) is 34.6 Å². The molecule has 2 aromatic carbocycles. The van der Waals surface area contributed by atoms with Crippen LogP contribution >= 0.6 is 11.6 Å². The molecule has 0 radical (unpaired) electrons. The summed E-state index contributed by atoms with van der Waals surface area (Å²) in [6.07, 6.45) is 0.843. The lowest BCUT2D eigenvalue weighted by Gasteiger charge is -2.07. The fourth-order valence-electron chi connectivity index (χ4n) is 2.58. The molecule has 1 aromatic heterocycles. The molecule has 0 aliphatic carbocycles. The molecule has 0 atom stereocenters. The zero-order valence-electron chi connectivity index (χ0n) is 14.3. The summed E-state index contributed by atoms with van der Waals surface area (Å²) in [6.45, 7) is 1.97. The van der Waals surface area contributed by atoms with Gasteiger partial charge >= 0.3 is 0 Å². The smallest absolute Gasteiger partial charge is 0.293 e. The number of anilines is 2.